The molecular formula is C96H99Cl8N33O7. The van der Waals surface area contributed by atoms with E-state index in [1.807, 2.05) is 73.2 Å². The highest BCUT2D eigenvalue weighted by atomic mass is 35.5. The molecule has 4 saturated heterocycles. The number of rotatable bonds is 17. The van der Waals surface area contributed by atoms with Gasteiger partial charge in [0.15, 0.2) is 86.6 Å². The summed E-state index contributed by atoms with van der Waals surface area (Å²) in [6.07, 6.45) is 14.1. The Balaban J connectivity index is 0.000000114. The van der Waals surface area contributed by atoms with Gasteiger partial charge in [-0.1, -0.05) is 160 Å². The smallest absolute Gasteiger partial charge is 0.269 e. The Kier molecular flexibility index (Phi) is 29.2. The molecule has 1 spiro atoms. The molecule has 3 saturated carbocycles. The van der Waals surface area contributed by atoms with Crippen LogP contribution < -0.4 is 90.5 Å². The molecular weight excluding hydrogens is 2010 g/mol. The van der Waals surface area contributed by atoms with Gasteiger partial charge >= 0.3 is 0 Å². The number of aromatic nitrogens is 18. The van der Waals surface area contributed by atoms with Crippen LogP contribution >= 0.6 is 92.8 Å². The summed E-state index contributed by atoms with van der Waals surface area (Å²) in [5.41, 5.74) is 66.7. The number of halogens is 8. The third-order valence-electron chi connectivity index (χ3n) is 27.1. The number of nitrogens with two attached hydrogens (primary N) is 9. The molecule has 9 aromatic heterocycles. The molecule has 0 amide bonds. The molecule has 19 N–H and O–H groups in total. The zero-order valence-corrected chi connectivity index (χ0v) is 84.0. The number of para-hydroxylation sites is 2. The summed E-state index contributed by atoms with van der Waals surface area (Å²) in [6, 6.07) is 35.5. The lowest BCUT2D eigenvalue weighted by atomic mass is 9.74. The van der Waals surface area contributed by atoms with Gasteiger partial charge in [-0.3, -0.25) is 0 Å². The maximum Gasteiger partial charge on any atom is 0.269 e. The van der Waals surface area contributed by atoms with E-state index in [1.54, 1.807) is 72.8 Å². The molecule has 0 radical (unpaired) electrons. The van der Waals surface area contributed by atoms with Gasteiger partial charge < -0.3 is 113 Å². The van der Waals surface area contributed by atoms with Gasteiger partial charge in [0.05, 0.1) is 69.6 Å². The molecule has 23 rings (SSSR count). The molecule has 746 valence electrons. The monoisotopic (exact) mass is 2110 g/mol. The molecule has 48 heteroatoms. The molecule has 40 nitrogen and oxygen atoms in total. The van der Waals surface area contributed by atoms with Gasteiger partial charge in [0.25, 0.3) is 23.6 Å². The highest BCUT2D eigenvalue weighted by molar-refractivity contribution is 6.45. The molecule has 3 aliphatic carbocycles. The number of anilines is 11. The van der Waals surface area contributed by atoms with Crippen LogP contribution in [0, 0.1) is 24.2 Å². The van der Waals surface area contributed by atoms with Crippen molar-refractivity contribution < 1.29 is 32.2 Å². The number of hydrogen-bond acceptors (Lipinski definition) is 40. The molecule has 5 aliphatic heterocycles. The minimum Gasteiger partial charge on any atom is -0.454 e. The van der Waals surface area contributed by atoms with E-state index in [4.69, 9.17) is 196 Å². The SMILES string of the molecule is CN(c1nc(N)c(-c2cccc(Cl)c2Cl)nc1-c1nnco1)C1CC(C)(N)C1.Cc1nc(N2CCN(c3ccccc3N)CC2)c(CO)nc1-c1ccc2c(c1)OCO2.Nc1nc(N2CC3C(N)C3C2)c(-c2nnco2)nc1-c1cccc(Cl)c1Cl.Nc1nc(N2CCC3(CCC[C@H]3N)CC2)c(-c2nnco2)nc1-c1cccc(Cl)c1Cl.Nc1nc(N2CCCC(N)C2)c(-c2nnco2)nc1-c1cccc(Cl)c1Cl. The van der Waals surface area contributed by atoms with Gasteiger partial charge in [-0.2, -0.15) is 0 Å². The fourth-order valence-corrected chi connectivity index (χ4v) is 21.0. The number of nitrogen functional groups attached to an aromatic ring is 5. The number of hydrogen-bond donors (Lipinski definition) is 10. The minimum atomic E-state index is -0.184. The van der Waals surface area contributed by atoms with Crippen molar-refractivity contribution in [2.45, 2.75) is 108 Å². The van der Waals surface area contributed by atoms with E-state index in [1.165, 1.54) is 38.4 Å². The number of fused-ring (bicyclic) bond motifs is 2. The standard InChI is InChI=1S/C23H25N5O3.C21H23Cl2N7O.C18H19Cl2N7O.C17H15Cl2N7O.C17H17Cl2N7O/c1-15-22(16-6-7-20-21(12-16)31-14-30-20)26-18(13-29)23(25-15)28-10-8-27(9-11-28)19-5-3-2-4-17(19)24;22-13-4-1-3-12(15(13)23)16-18(25)28-19(17(27-16)20-29-26-11-31-20)30-9-7-21(8-10-30)6-2-5-14(21)24;1-18(22)6-9(7-18)27(2)16-14(17-26-23-8-28-17)24-13(15(21)25-16)10-4-3-5-11(19)12(10)20;18-10-3-1-2-7(11(10)19)13-15(21)24-16(14(23-13)17-25-22-6-27-17)26-4-8-9(5-26)12(8)20;18-11-5-1-4-10(12(11)19)13-15(21)24-16(26-6-2-3-9(20)7-26)14(23-13)17-25-22-8-27-17/h2-7,12,29H,8-11,13-14,24H2,1H3;1,3-4,11,14H,2,5-10,24H2,(H2,25,28);3-5,8-9H,6-7,22H2,1-2H3,(H2,21,25);1-3,6,8-9,12H,4-5,20H2,(H2,21,24);1,4-5,8-9H,2-3,6-7,20H2,(H2,21,24)/t;14-;;;/m.1.../s1. The quantitative estimate of drug-likeness (QED) is 0.0379. The number of benzene rings is 6. The van der Waals surface area contributed by atoms with Gasteiger partial charge in [-0.15, -0.1) is 40.8 Å². The van der Waals surface area contributed by atoms with Crippen molar-refractivity contribution in [3.63, 3.8) is 0 Å². The third-order valence-corrected chi connectivity index (χ3v) is 30.4. The number of aliphatic hydroxyl groups excluding tert-OH is 1. The van der Waals surface area contributed by atoms with Gasteiger partial charge in [0.2, 0.25) is 32.4 Å². The van der Waals surface area contributed by atoms with E-state index in [9.17, 15) is 5.11 Å². The second-order valence-corrected chi connectivity index (χ2v) is 39.6. The van der Waals surface area contributed by atoms with Gasteiger partial charge in [0.1, 0.15) is 28.5 Å². The Bertz CT molecular complexity index is 7160. The van der Waals surface area contributed by atoms with Crippen LogP contribution in [0.25, 0.3) is 103 Å². The summed E-state index contributed by atoms with van der Waals surface area (Å²) in [5.74, 6) is 7.47. The van der Waals surface area contributed by atoms with E-state index in [0.717, 1.165) is 144 Å². The number of nitrogens with zero attached hydrogens (tertiary/aromatic N) is 24. The Labute approximate surface area is 865 Å². The summed E-state index contributed by atoms with van der Waals surface area (Å²) < 4.78 is 32.5. The van der Waals surface area contributed by atoms with E-state index in [2.05, 4.69) is 85.3 Å². The second-order valence-electron chi connectivity index (χ2n) is 36.4. The Hall–Kier alpha value is -13.2. The van der Waals surface area contributed by atoms with Crippen LogP contribution in [0.1, 0.15) is 76.1 Å². The van der Waals surface area contributed by atoms with E-state index in [-0.39, 0.29) is 95.4 Å². The number of piperidine rings is 3. The third kappa shape index (κ3) is 20.6. The number of aliphatic hydroxyl groups is 1. The summed E-state index contributed by atoms with van der Waals surface area (Å²) >= 11 is 50.1. The van der Waals surface area contributed by atoms with Crippen LogP contribution in [-0.2, 0) is 6.61 Å². The first-order chi connectivity index (χ1) is 69.5. The predicted octanol–water partition coefficient (Wildman–Crippen LogP) is 15.6. The van der Waals surface area contributed by atoms with Gasteiger partial charge in [-0.25, -0.2) is 49.8 Å². The largest absolute Gasteiger partial charge is 0.454 e. The fraction of sp³-hybridized carbons (Fsp3) is 0.333. The van der Waals surface area contributed by atoms with Crippen LogP contribution in [0.4, 0.5) is 63.7 Å². The first-order valence-corrected chi connectivity index (χ1v) is 49.3. The molecule has 14 heterocycles. The summed E-state index contributed by atoms with van der Waals surface area (Å²) in [6.45, 7) is 11.9. The van der Waals surface area contributed by atoms with Crippen LogP contribution in [0.2, 0.25) is 40.2 Å². The summed E-state index contributed by atoms with van der Waals surface area (Å²) in [5, 5.41) is 44.2. The molecule has 6 aromatic carbocycles. The zero-order valence-electron chi connectivity index (χ0n) is 77.9. The van der Waals surface area contributed by atoms with E-state index >= 15 is 0 Å². The molecule has 3 unspecified atom stereocenters. The first kappa shape index (κ1) is 99.5. The molecule has 4 atom stereocenters. The number of piperazine rings is 1. The van der Waals surface area contributed by atoms with Crippen molar-refractivity contribution in [2.75, 3.05) is 137 Å². The second kappa shape index (κ2) is 42.2. The van der Waals surface area contributed by atoms with E-state index in [0.29, 0.717) is 161 Å². The fourth-order valence-electron chi connectivity index (χ4n) is 19.4. The summed E-state index contributed by atoms with van der Waals surface area (Å²) in [7, 11) is 1.93. The lowest BCUT2D eigenvalue weighted by Gasteiger charge is -2.47. The molecule has 144 heavy (non-hydrogen) atoms. The Morgan fingerprint density at radius 1 is 0.431 bits per heavy atom. The van der Waals surface area contributed by atoms with Crippen LogP contribution in [0.15, 0.2) is 159 Å². The maximum absolute atomic E-state index is 10.0. The average Bonchev–Trinajstić information content (AvgIpc) is 1.56. The van der Waals surface area contributed by atoms with Crippen LogP contribution in [0.3, 0.4) is 0 Å². The Morgan fingerprint density at radius 3 is 1.33 bits per heavy atom. The van der Waals surface area contributed by atoms with Gasteiger partial charge in [0, 0.05) is 130 Å². The normalized spacial score (nSPS) is 19.5. The molecule has 0 bridgehead atoms. The van der Waals surface area contributed by atoms with Crippen molar-refractivity contribution in [1.29, 1.82) is 0 Å². The molecule has 15 aromatic rings. The zero-order chi connectivity index (χ0) is 101. The van der Waals surface area contributed by atoms with Crippen molar-refractivity contribution in [3.8, 4) is 114 Å². The predicted molar refractivity (Wildman–Crippen MR) is 557 cm³/mol. The molecule has 8 aliphatic rings. The summed E-state index contributed by atoms with van der Waals surface area (Å²) in [4.78, 5) is 59.8. The Morgan fingerprint density at radius 2 is 0.875 bits per heavy atom. The topological polar surface area (TPSA) is 577 Å². The molecule has 7 fully saturated rings. The average molecular weight is 2110 g/mol. The van der Waals surface area contributed by atoms with Crippen molar-refractivity contribution in [3.05, 3.63) is 192 Å². The van der Waals surface area contributed by atoms with Crippen molar-refractivity contribution in [2.24, 2.45) is 40.2 Å². The minimum absolute atomic E-state index is 0.0550. The van der Waals surface area contributed by atoms with Crippen LogP contribution in [-0.4, -0.2) is 205 Å². The van der Waals surface area contributed by atoms with Crippen molar-refractivity contribution in [1.82, 2.24) is 90.6 Å². The lowest BCUT2D eigenvalue weighted by molar-refractivity contribution is 0.174. The maximum atomic E-state index is 10.0. The number of ether oxygens (including phenoxy) is 2. The van der Waals surface area contributed by atoms with Gasteiger partial charge in [-0.05, 0) is 137 Å². The lowest BCUT2D eigenvalue weighted by Crippen LogP contribution is -2.58. The van der Waals surface area contributed by atoms with Crippen molar-refractivity contribution >= 4 is 157 Å². The highest BCUT2D eigenvalue weighted by Crippen LogP contribution is 2.52. The highest BCUT2D eigenvalue weighted by Gasteiger charge is 2.55. The first-order valence-electron chi connectivity index (χ1n) is 46.3. The van der Waals surface area contributed by atoms with Crippen LogP contribution in [0.5, 0.6) is 11.5 Å². The van der Waals surface area contributed by atoms with E-state index < -0.39 is 0 Å². The number of aryl methyl sites for hydroxylation is 1.